The van der Waals surface area contributed by atoms with Crippen molar-refractivity contribution in [2.45, 2.75) is 25.4 Å². The molecule has 0 spiro atoms. The SMILES string of the molecule is C=C1C(C(N)=O)=C(O)[C@@H](N(C)C)C2CC3Cc4c(-c5cccc(CN(C)CCN)c5)ccc(O)c4C(O)=C3C(=O)C12. The first-order chi connectivity index (χ1) is 19.5. The zero-order valence-electron chi connectivity index (χ0n) is 23.7. The highest BCUT2D eigenvalue weighted by molar-refractivity contribution is 6.10. The van der Waals surface area contributed by atoms with Gasteiger partial charge >= 0.3 is 0 Å². The number of primary amides is 1. The maximum Gasteiger partial charge on any atom is 0.252 e. The number of aromatic hydroxyl groups is 1. The molecular formula is C32H38N4O5. The summed E-state index contributed by atoms with van der Waals surface area (Å²) in [6.45, 7) is 6.05. The van der Waals surface area contributed by atoms with Gasteiger partial charge < -0.3 is 31.7 Å². The molecule has 216 valence electrons. The number of amides is 1. The van der Waals surface area contributed by atoms with Gasteiger partial charge in [-0.05, 0) is 85.8 Å². The summed E-state index contributed by atoms with van der Waals surface area (Å²) >= 11 is 0. The number of ketones is 1. The van der Waals surface area contributed by atoms with E-state index in [0.717, 1.165) is 35.3 Å². The van der Waals surface area contributed by atoms with Crippen LogP contribution in [0.2, 0.25) is 0 Å². The molecule has 0 saturated heterocycles. The number of hydrogen-bond donors (Lipinski definition) is 5. The van der Waals surface area contributed by atoms with Crippen LogP contribution in [0.15, 0.2) is 65.5 Å². The number of aliphatic hydroxyl groups excluding tert-OH is 2. The Balaban J connectivity index is 1.61. The van der Waals surface area contributed by atoms with Crippen molar-refractivity contribution in [3.63, 3.8) is 0 Å². The van der Waals surface area contributed by atoms with E-state index in [-0.39, 0.29) is 57.2 Å². The number of nitrogens with zero attached hydrogens (tertiary/aromatic N) is 2. The van der Waals surface area contributed by atoms with Crippen molar-refractivity contribution in [2.75, 3.05) is 34.2 Å². The van der Waals surface area contributed by atoms with Gasteiger partial charge in [-0.15, -0.1) is 0 Å². The standard InChI is InChI=1S/C32H38N4O5/c1-16-24-22(28(35(2)3)31(40)25(16)32(34)41)14-19-13-21-20(8-9-23(37)27(21)30(39)26(19)29(24)38)18-7-5-6-17(12-18)15-36(4)11-10-33/h5-9,12,19,22,24,28,37,39-40H,1,10-11,13-15,33H2,2-4H3,(H2,34,41)/t19?,22?,24?,28-/m0/s1. The Morgan fingerprint density at radius 3 is 2.51 bits per heavy atom. The molecule has 9 heteroatoms. The van der Waals surface area contributed by atoms with Crippen molar-refractivity contribution < 1.29 is 24.9 Å². The van der Waals surface area contributed by atoms with E-state index in [1.54, 1.807) is 25.1 Å². The number of likely N-dealkylation sites (N-methyl/N-ethyl adjacent to an activating group) is 2. The van der Waals surface area contributed by atoms with Gasteiger partial charge in [0.1, 0.15) is 17.3 Å². The number of fused-ring (bicyclic) bond motifs is 3. The highest BCUT2D eigenvalue weighted by atomic mass is 16.3. The number of aliphatic hydroxyl groups is 2. The molecule has 1 fully saturated rings. The quantitative estimate of drug-likeness (QED) is 0.348. The van der Waals surface area contributed by atoms with Crippen molar-refractivity contribution in [1.29, 1.82) is 0 Å². The second-order valence-corrected chi connectivity index (χ2v) is 11.7. The molecule has 41 heavy (non-hydrogen) atoms. The van der Waals surface area contributed by atoms with Gasteiger partial charge in [0.2, 0.25) is 0 Å². The molecule has 1 amide bonds. The van der Waals surface area contributed by atoms with Crippen LogP contribution in [-0.2, 0) is 22.6 Å². The molecule has 0 aromatic heterocycles. The monoisotopic (exact) mass is 558 g/mol. The topological polar surface area (TPSA) is 153 Å². The summed E-state index contributed by atoms with van der Waals surface area (Å²) in [5.74, 6) is -3.29. The number of carbonyl (C=O) groups excluding carboxylic acids is 2. The lowest BCUT2D eigenvalue weighted by molar-refractivity contribution is -0.123. The molecular weight excluding hydrogens is 520 g/mol. The molecule has 0 aliphatic heterocycles. The van der Waals surface area contributed by atoms with Crippen LogP contribution in [0.5, 0.6) is 5.75 Å². The summed E-state index contributed by atoms with van der Waals surface area (Å²) in [7, 11) is 5.57. The lowest BCUT2D eigenvalue weighted by Crippen LogP contribution is -2.52. The molecule has 0 radical (unpaired) electrons. The summed E-state index contributed by atoms with van der Waals surface area (Å²) in [5, 5.41) is 33.6. The van der Waals surface area contributed by atoms with Gasteiger partial charge in [0.15, 0.2) is 5.78 Å². The van der Waals surface area contributed by atoms with Gasteiger partial charge in [-0.3, -0.25) is 14.5 Å². The molecule has 2 aromatic rings. The maximum atomic E-state index is 14.1. The molecule has 0 bridgehead atoms. The number of benzene rings is 2. The minimum Gasteiger partial charge on any atom is -0.510 e. The fourth-order valence-electron chi connectivity index (χ4n) is 7.16. The number of phenols is 1. The fraction of sp³-hybridized carbons (Fsp3) is 0.375. The van der Waals surface area contributed by atoms with Crippen molar-refractivity contribution in [2.24, 2.45) is 29.2 Å². The summed E-state index contributed by atoms with van der Waals surface area (Å²) in [5.41, 5.74) is 15.5. The van der Waals surface area contributed by atoms with E-state index >= 15 is 0 Å². The second kappa shape index (κ2) is 10.8. The number of Topliss-reactive ketones (excluding diaryl/α,β-unsaturated/α-hetero) is 1. The van der Waals surface area contributed by atoms with Crippen LogP contribution in [0.1, 0.15) is 23.1 Å². The number of phenolic OH excluding ortho intramolecular Hbond substituents is 1. The molecule has 2 aromatic carbocycles. The number of allylic oxidation sites excluding steroid dienone is 1. The van der Waals surface area contributed by atoms with Crippen LogP contribution < -0.4 is 11.5 Å². The molecule has 7 N–H and O–H groups in total. The Kier molecular flexibility index (Phi) is 7.54. The molecule has 5 rings (SSSR count). The van der Waals surface area contributed by atoms with Crippen molar-refractivity contribution in [3.8, 4) is 16.9 Å². The third-order valence-corrected chi connectivity index (χ3v) is 8.82. The first-order valence-electron chi connectivity index (χ1n) is 13.8. The largest absolute Gasteiger partial charge is 0.510 e. The predicted molar refractivity (Wildman–Crippen MR) is 158 cm³/mol. The smallest absolute Gasteiger partial charge is 0.252 e. The number of hydrogen-bond acceptors (Lipinski definition) is 8. The van der Waals surface area contributed by atoms with Crippen molar-refractivity contribution in [1.82, 2.24) is 9.80 Å². The first-order valence-corrected chi connectivity index (χ1v) is 13.8. The molecule has 3 aliphatic carbocycles. The van der Waals surface area contributed by atoms with Crippen LogP contribution in [0.25, 0.3) is 16.9 Å². The summed E-state index contributed by atoms with van der Waals surface area (Å²) < 4.78 is 0. The summed E-state index contributed by atoms with van der Waals surface area (Å²) in [4.78, 5) is 30.3. The zero-order valence-corrected chi connectivity index (χ0v) is 23.7. The Hall–Kier alpha value is -3.92. The van der Waals surface area contributed by atoms with Gasteiger partial charge in [-0.25, -0.2) is 0 Å². The third-order valence-electron chi connectivity index (χ3n) is 8.82. The maximum absolute atomic E-state index is 14.1. The average molecular weight is 559 g/mol. The average Bonchev–Trinajstić information content (AvgIpc) is 2.88. The van der Waals surface area contributed by atoms with Crippen molar-refractivity contribution in [3.05, 3.63) is 82.1 Å². The molecule has 3 unspecified atom stereocenters. The molecule has 9 nitrogen and oxygen atoms in total. The first kappa shape index (κ1) is 28.6. The van der Waals surface area contributed by atoms with E-state index < -0.39 is 17.9 Å². The van der Waals surface area contributed by atoms with Crippen LogP contribution in [-0.4, -0.2) is 77.1 Å². The lowest BCUT2D eigenvalue weighted by atomic mass is 9.58. The van der Waals surface area contributed by atoms with Crippen LogP contribution in [0.3, 0.4) is 0 Å². The Morgan fingerprint density at radius 2 is 1.85 bits per heavy atom. The van der Waals surface area contributed by atoms with Gasteiger partial charge in [-0.2, -0.15) is 0 Å². The Morgan fingerprint density at radius 1 is 1.12 bits per heavy atom. The molecule has 0 heterocycles. The normalized spacial score (nSPS) is 24.0. The highest BCUT2D eigenvalue weighted by Crippen LogP contribution is 2.53. The van der Waals surface area contributed by atoms with Gasteiger partial charge in [0, 0.05) is 25.2 Å². The summed E-state index contributed by atoms with van der Waals surface area (Å²) in [6.07, 6.45) is 0.886. The van der Waals surface area contributed by atoms with Gasteiger partial charge in [0.25, 0.3) is 5.91 Å². The molecule has 4 atom stereocenters. The van der Waals surface area contributed by atoms with E-state index in [9.17, 15) is 24.9 Å². The minimum absolute atomic E-state index is 0.107. The van der Waals surface area contributed by atoms with E-state index in [0.29, 0.717) is 19.4 Å². The highest BCUT2D eigenvalue weighted by Gasteiger charge is 2.53. The second-order valence-electron chi connectivity index (χ2n) is 11.7. The van der Waals surface area contributed by atoms with E-state index in [4.69, 9.17) is 11.5 Å². The number of nitrogens with two attached hydrogens (primary N) is 2. The molecule has 3 aliphatic rings. The van der Waals surface area contributed by atoms with E-state index in [1.807, 2.05) is 25.2 Å². The zero-order chi connectivity index (χ0) is 29.7. The molecule has 1 saturated carbocycles. The van der Waals surface area contributed by atoms with Crippen LogP contribution in [0, 0.1) is 17.8 Å². The predicted octanol–water partition coefficient (Wildman–Crippen LogP) is 2.89. The van der Waals surface area contributed by atoms with Crippen LogP contribution in [0.4, 0.5) is 0 Å². The van der Waals surface area contributed by atoms with E-state index in [2.05, 4.69) is 23.6 Å². The fourth-order valence-corrected chi connectivity index (χ4v) is 7.16. The van der Waals surface area contributed by atoms with Crippen LogP contribution >= 0.6 is 0 Å². The Bertz CT molecular complexity index is 1510. The lowest BCUT2D eigenvalue weighted by Gasteiger charge is -2.47. The minimum atomic E-state index is -0.848. The van der Waals surface area contributed by atoms with E-state index in [1.165, 1.54) is 0 Å². The third kappa shape index (κ3) is 4.73. The summed E-state index contributed by atoms with van der Waals surface area (Å²) in [6, 6.07) is 10.9. The van der Waals surface area contributed by atoms with Gasteiger partial charge in [-0.1, -0.05) is 30.8 Å². The van der Waals surface area contributed by atoms with Gasteiger partial charge in [0.05, 0.1) is 23.1 Å². The number of carbonyl (C=O) groups is 2. The van der Waals surface area contributed by atoms with Crippen molar-refractivity contribution >= 4 is 17.4 Å². The Labute approximate surface area is 240 Å². The number of rotatable bonds is 7.